The van der Waals surface area contributed by atoms with Crippen LogP contribution >= 0.6 is 11.6 Å². The molecule has 0 radical (unpaired) electrons. The quantitative estimate of drug-likeness (QED) is 0.633. The molecule has 0 aliphatic heterocycles. The zero-order valence-corrected chi connectivity index (χ0v) is 15.8. The Labute approximate surface area is 169 Å². The van der Waals surface area contributed by atoms with Crippen LogP contribution in [0.15, 0.2) is 60.7 Å². The minimum Gasteiger partial charge on any atom is -0.197 e. The van der Waals surface area contributed by atoms with E-state index in [1.807, 2.05) is 48.5 Å². The predicted octanol–water partition coefficient (Wildman–Crippen LogP) is 5.25. The Morgan fingerprint density at radius 1 is 0.893 bits per heavy atom. The van der Waals surface area contributed by atoms with Crippen molar-refractivity contribution in [3.63, 3.8) is 0 Å². The average Bonchev–Trinajstić information content (AvgIpc) is 3.09. The largest absolute Gasteiger partial charge is 0.197 e. The molecule has 0 unspecified atom stereocenters. The number of fused-ring (bicyclic) bond motifs is 2. The maximum absolute atomic E-state index is 10.3. The lowest BCUT2D eigenvalue weighted by Gasteiger charge is -2.57. The number of halogens is 1. The van der Waals surface area contributed by atoms with Crippen LogP contribution in [-0.4, -0.2) is 0 Å². The summed E-state index contributed by atoms with van der Waals surface area (Å²) in [5.74, 6) is 0.0241. The lowest BCUT2D eigenvalue weighted by atomic mass is 9.43. The molecule has 1 fully saturated rings. The molecule has 0 N–H and O–H groups in total. The monoisotopic (exact) mass is 381 g/mol. The molecule has 2 aromatic rings. The van der Waals surface area contributed by atoms with E-state index >= 15 is 0 Å². The van der Waals surface area contributed by atoms with E-state index < -0.39 is 16.2 Å². The summed E-state index contributed by atoms with van der Waals surface area (Å²) < 4.78 is 0. The van der Waals surface area contributed by atoms with Gasteiger partial charge in [-0.15, -0.1) is 0 Å². The summed E-state index contributed by atoms with van der Waals surface area (Å²) in [6.45, 7) is 0. The van der Waals surface area contributed by atoms with Crippen molar-refractivity contribution >= 4 is 11.6 Å². The summed E-state index contributed by atoms with van der Waals surface area (Å²) in [5.41, 5.74) is 0.897. The number of hydrogen-bond donors (Lipinski definition) is 0. The molecule has 4 heteroatoms. The van der Waals surface area contributed by atoms with Gasteiger partial charge >= 0.3 is 0 Å². The van der Waals surface area contributed by atoms with Gasteiger partial charge in [0.1, 0.15) is 10.8 Å². The van der Waals surface area contributed by atoms with E-state index in [0.717, 1.165) is 16.7 Å². The number of hydrogen-bond acceptors (Lipinski definition) is 3. The second kappa shape index (κ2) is 5.48. The van der Waals surface area contributed by atoms with Crippen molar-refractivity contribution in [2.24, 2.45) is 16.7 Å². The van der Waals surface area contributed by atoms with Crippen LogP contribution in [0.1, 0.15) is 35.4 Å². The molecule has 5 rings (SSSR count). The fourth-order valence-electron chi connectivity index (χ4n) is 5.92. The van der Waals surface area contributed by atoms with Gasteiger partial charge in [-0.25, -0.2) is 0 Å². The van der Waals surface area contributed by atoms with Crippen LogP contribution in [0, 0.1) is 50.7 Å². The van der Waals surface area contributed by atoms with Gasteiger partial charge in [-0.05, 0) is 47.6 Å². The van der Waals surface area contributed by atoms with E-state index in [4.69, 9.17) is 11.6 Å². The van der Waals surface area contributed by atoms with Crippen LogP contribution in [0.5, 0.6) is 0 Å². The topological polar surface area (TPSA) is 71.4 Å². The van der Waals surface area contributed by atoms with Crippen molar-refractivity contribution < 1.29 is 0 Å². The smallest absolute Gasteiger partial charge is 0.145 e. The van der Waals surface area contributed by atoms with Crippen LogP contribution < -0.4 is 0 Å². The van der Waals surface area contributed by atoms with Crippen molar-refractivity contribution in [2.45, 2.75) is 24.2 Å². The third-order valence-corrected chi connectivity index (χ3v) is 7.40. The van der Waals surface area contributed by atoms with Crippen molar-refractivity contribution in [3.05, 3.63) is 82.4 Å². The first kappa shape index (κ1) is 17.1. The Kier molecular flexibility index (Phi) is 3.34. The van der Waals surface area contributed by atoms with Crippen molar-refractivity contribution in [1.29, 1.82) is 15.8 Å². The van der Waals surface area contributed by atoms with Gasteiger partial charge in [-0.2, -0.15) is 15.8 Å². The summed E-state index contributed by atoms with van der Waals surface area (Å²) in [6, 6.07) is 23.0. The lowest BCUT2D eigenvalue weighted by molar-refractivity contribution is 0.131. The molecule has 1 saturated carbocycles. The van der Waals surface area contributed by atoms with Gasteiger partial charge in [0, 0.05) is 16.4 Å². The third kappa shape index (κ3) is 1.82. The van der Waals surface area contributed by atoms with Crippen LogP contribution in [0.4, 0.5) is 0 Å². The number of nitriles is 3. The van der Waals surface area contributed by atoms with E-state index in [-0.39, 0.29) is 11.8 Å². The molecule has 0 amide bonds. The Hall–Kier alpha value is -3.06. The zero-order chi connectivity index (χ0) is 19.6. The molecule has 0 bridgehead atoms. The Morgan fingerprint density at radius 2 is 1.61 bits per heavy atom. The highest BCUT2D eigenvalue weighted by atomic mass is 35.5. The van der Waals surface area contributed by atoms with Gasteiger partial charge in [-0.3, -0.25) is 0 Å². The molecule has 28 heavy (non-hydrogen) atoms. The van der Waals surface area contributed by atoms with Gasteiger partial charge < -0.3 is 0 Å². The van der Waals surface area contributed by atoms with E-state index in [0.29, 0.717) is 17.9 Å². The predicted molar refractivity (Wildman–Crippen MR) is 105 cm³/mol. The Morgan fingerprint density at radius 3 is 2.21 bits per heavy atom. The van der Waals surface area contributed by atoms with Gasteiger partial charge in [-0.1, -0.05) is 60.2 Å². The maximum atomic E-state index is 10.3. The number of allylic oxidation sites excluding steroid dienone is 2. The minimum atomic E-state index is -1.07. The van der Waals surface area contributed by atoms with Gasteiger partial charge in [0.15, 0.2) is 0 Å². The number of benzene rings is 2. The van der Waals surface area contributed by atoms with Crippen LogP contribution in [0.3, 0.4) is 0 Å². The molecular formula is C24H16ClN3. The summed E-state index contributed by atoms with van der Waals surface area (Å²) in [5, 5.41) is 30.7. The normalized spacial score (nSPS) is 33.2. The molecule has 134 valence electrons. The molecule has 0 saturated heterocycles. The summed E-state index contributed by atoms with van der Waals surface area (Å²) in [7, 11) is 0. The molecular weight excluding hydrogens is 366 g/mol. The van der Waals surface area contributed by atoms with Crippen LogP contribution in [0.25, 0.3) is 0 Å². The summed E-state index contributed by atoms with van der Waals surface area (Å²) >= 11 is 6.12. The first-order valence-electron chi connectivity index (χ1n) is 9.34. The van der Waals surface area contributed by atoms with E-state index in [9.17, 15) is 15.8 Å². The van der Waals surface area contributed by atoms with Crippen LogP contribution in [0.2, 0.25) is 5.02 Å². The molecule has 4 atom stereocenters. The van der Waals surface area contributed by atoms with E-state index in [1.54, 1.807) is 0 Å². The van der Waals surface area contributed by atoms with E-state index in [1.165, 1.54) is 0 Å². The van der Waals surface area contributed by atoms with Crippen molar-refractivity contribution in [2.75, 3.05) is 0 Å². The highest BCUT2D eigenvalue weighted by Crippen LogP contribution is 2.73. The van der Waals surface area contributed by atoms with Gasteiger partial charge in [0.05, 0.1) is 18.2 Å². The first-order valence-corrected chi connectivity index (χ1v) is 9.72. The average molecular weight is 382 g/mol. The number of rotatable bonds is 1. The molecule has 2 aromatic carbocycles. The molecule has 0 heterocycles. The van der Waals surface area contributed by atoms with Crippen molar-refractivity contribution in [3.8, 4) is 18.2 Å². The second-order valence-electron chi connectivity index (χ2n) is 8.20. The molecule has 3 nitrogen and oxygen atoms in total. The van der Waals surface area contributed by atoms with Crippen LogP contribution in [-0.2, 0) is 5.41 Å². The summed E-state index contributed by atoms with van der Waals surface area (Å²) in [4.78, 5) is 0. The maximum Gasteiger partial charge on any atom is 0.145 e. The second-order valence-corrected chi connectivity index (χ2v) is 8.64. The Balaban J connectivity index is 1.81. The van der Waals surface area contributed by atoms with Gasteiger partial charge in [0.25, 0.3) is 0 Å². The molecule has 3 aliphatic carbocycles. The van der Waals surface area contributed by atoms with E-state index in [2.05, 4.69) is 30.4 Å². The SMILES string of the molecule is N#CC1(C#N)C[C@@H]2[C@@H](c3ccc(Cl)cc3)c3ccccc3[C@]3(C#N)C=C[C@]23C1. The van der Waals surface area contributed by atoms with Crippen molar-refractivity contribution in [1.82, 2.24) is 0 Å². The lowest BCUT2D eigenvalue weighted by Crippen LogP contribution is -2.56. The molecule has 3 aliphatic rings. The Bertz CT molecular complexity index is 1130. The number of nitrogens with zero attached hydrogens (tertiary/aromatic N) is 3. The first-order chi connectivity index (χ1) is 13.5. The standard InChI is InChI=1S/C24H16ClN3/c25-17-7-5-16(6-8-17)21-18-3-1-2-4-19(18)24(15-28)10-9-23(24)12-22(13-26,14-27)11-20(21)23/h1-10,20-21H,11-12H2/t20-,21+,23+,24-/m1/s1. The highest BCUT2D eigenvalue weighted by Gasteiger charge is 2.71. The highest BCUT2D eigenvalue weighted by molar-refractivity contribution is 6.30. The fourth-order valence-corrected chi connectivity index (χ4v) is 6.04. The fraction of sp³-hybridized carbons (Fsp3) is 0.292. The van der Waals surface area contributed by atoms with Gasteiger partial charge in [0.2, 0.25) is 0 Å². The zero-order valence-electron chi connectivity index (χ0n) is 15.1. The molecule has 1 spiro atoms. The molecule has 0 aromatic heterocycles. The third-order valence-electron chi connectivity index (χ3n) is 7.15. The minimum absolute atomic E-state index is 0.00697. The summed E-state index contributed by atoms with van der Waals surface area (Å²) in [6.07, 6.45) is 4.94.